The molecule has 1 saturated carbocycles. The highest BCUT2D eigenvalue weighted by Gasteiger charge is 2.39. The Bertz CT molecular complexity index is 366. The maximum atomic E-state index is 9.79. The van der Waals surface area contributed by atoms with Gasteiger partial charge in [-0.3, -0.25) is 5.10 Å². The van der Waals surface area contributed by atoms with Gasteiger partial charge in [-0.15, -0.1) is 0 Å². The molecule has 3 heteroatoms. The fourth-order valence-electron chi connectivity index (χ4n) is 2.50. The molecule has 0 unspecified atom stereocenters. The van der Waals surface area contributed by atoms with E-state index in [1.807, 2.05) is 0 Å². The SMILES string of the molecule is OC1(CCc2n[nH]c3c2CCCC3)CC1. The Morgan fingerprint density at radius 3 is 2.87 bits per heavy atom. The van der Waals surface area contributed by atoms with E-state index in [9.17, 15) is 5.11 Å². The smallest absolute Gasteiger partial charge is 0.0658 e. The summed E-state index contributed by atoms with van der Waals surface area (Å²) in [6.45, 7) is 0. The van der Waals surface area contributed by atoms with Crippen molar-refractivity contribution < 1.29 is 5.11 Å². The molecule has 0 atom stereocenters. The van der Waals surface area contributed by atoms with Crippen molar-refractivity contribution in [2.24, 2.45) is 0 Å². The number of hydrogen-bond donors (Lipinski definition) is 2. The van der Waals surface area contributed by atoms with Crippen LogP contribution in [0.4, 0.5) is 0 Å². The standard InChI is InChI=1S/C12H18N2O/c15-12(7-8-12)6-5-11-9-3-1-2-4-10(9)13-14-11/h15H,1-8H2,(H,13,14). The largest absolute Gasteiger partial charge is 0.390 e. The minimum absolute atomic E-state index is 0.333. The van der Waals surface area contributed by atoms with Crippen molar-refractivity contribution in [1.82, 2.24) is 10.2 Å². The summed E-state index contributed by atoms with van der Waals surface area (Å²) in [5, 5.41) is 17.3. The third-order valence-corrected chi connectivity index (χ3v) is 3.80. The second-order valence-electron chi connectivity index (χ2n) is 5.06. The molecule has 0 aromatic carbocycles. The number of aryl methyl sites for hydroxylation is 2. The summed E-state index contributed by atoms with van der Waals surface area (Å²) in [5.41, 5.74) is 3.68. The number of nitrogens with zero attached hydrogens (tertiary/aromatic N) is 1. The highest BCUT2D eigenvalue weighted by Crippen LogP contribution is 2.39. The molecule has 1 aromatic heterocycles. The first-order valence-electron chi connectivity index (χ1n) is 6.04. The van der Waals surface area contributed by atoms with Crippen LogP contribution in [0.3, 0.4) is 0 Å². The van der Waals surface area contributed by atoms with Gasteiger partial charge in [0.25, 0.3) is 0 Å². The van der Waals surface area contributed by atoms with E-state index in [4.69, 9.17) is 0 Å². The zero-order valence-corrected chi connectivity index (χ0v) is 9.05. The Kier molecular flexibility index (Phi) is 2.09. The van der Waals surface area contributed by atoms with Gasteiger partial charge in [0.05, 0.1) is 11.3 Å². The van der Waals surface area contributed by atoms with Crippen LogP contribution in [0.25, 0.3) is 0 Å². The van der Waals surface area contributed by atoms with Gasteiger partial charge in [0.2, 0.25) is 0 Å². The Labute approximate surface area is 89.9 Å². The molecular formula is C12H18N2O. The van der Waals surface area contributed by atoms with Crippen LogP contribution in [0.5, 0.6) is 0 Å². The molecule has 1 aromatic rings. The van der Waals surface area contributed by atoms with Gasteiger partial charge in [-0.1, -0.05) is 0 Å². The lowest BCUT2D eigenvalue weighted by molar-refractivity contribution is 0.140. The van der Waals surface area contributed by atoms with Gasteiger partial charge < -0.3 is 5.11 Å². The van der Waals surface area contributed by atoms with Crippen LogP contribution in [-0.2, 0) is 19.3 Å². The van der Waals surface area contributed by atoms with Gasteiger partial charge in [-0.25, -0.2) is 0 Å². The van der Waals surface area contributed by atoms with Gasteiger partial charge in [0, 0.05) is 5.69 Å². The highest BCUT2D eigenvalue weighted by atomic mass is 16.3. The molecule has 0 amide bonds. The molecule has 15 heavy (non-hydrogen) atoms. The van der Waals surface area contributed by atoms with Crippen LogP contribution >= 0.6 is 0 Å². The molecule has 1 fully saturated rings. The monoisotopic (exact) mass is 206 g/mol. The van der Waals surface area contributed by atoms with Crippen molar-refractivity contribution >= 4 is 0 Å². The number of aromatic amines is 1. The quantitative estimate of drug-likeness (QED) is 0.791. The van der Waals surface area contributed by atoms with Crippen molar-refractivity contribution in [3.8, 4) is 0 Å². The highest BCUT2D eigenvalue weighted by molar-refractivity contribution is 5.28. The maximum Gasteiger partial charge on any atom is 0.0658 e. The van der Waals surface area contributed by atoms with Crippen molar-refractivity contribution in [2.45, 2.75) is 57.0 Å². The molecule has 2 aliphatic carbocycles. The van der Waals surface area contributed by atoms with E-state index < -0.39 is 0 Å². The number of H-pyrrole nitrogens is 1. The molecule has 0 spiro atoms. The number of fused-ring (bicyclic) bond motifs is 1. The predicted octanol–water partition coefficient (Wildman–Crippen LogP) is 1.75. The topological polar surface area (TPSA) is 48.9 Å². The molecule has 3 rings (SSSR count). The van der Waals surface area contributed by atoms with Crippen molar-refractivity contribution in [3.05, 3.63) is 17.0 Å². The number of rotatable bonds is 3. The average Bonchev–Trinajstić information content (AvgIpc) is 2.86. The lowest BCUT2D eigenvalue weighted by atomic mass is 9.94. The van der Waals surface area contributed by atoms with E-state index >= 15 is 0 Å². The number of aliphatic hydroxyl groups is 1. The van der Waals surface area contributed by atoms with E-state index in [0.717, 1.165) is 32.1 Å². The van der Waals surface area contributed by atoms with Crippen LogP contribution in [0, 0.1) is 0 Å². The van der Waals surface area contributed by atoms with E-state index in [0.29, 0.717) is 0 Å². The van der Waals surface area contributed by atoms with E-state index in [-0.39, 0.29) is 5.60 Å². The summed E-state index contributed by atoms with van der Waals surface area (Å²) >= 11 is 0. The Morgan fingerprint density at radius 2 is 2.07 bits per heavy atom. The van der Waals surface area contributed by atoms with Crippen LogP contribution in [0.1, 0.15) is 49.1 Å². The second-order valence-corrected chi connectivity index (χ2v) is 5.06. The lowest BCUT2D eigenvalue weighted by Crippen LogP contribution is -2.09. The third kappa shape index (κ3) is 1.81. The Morgan fingerprint density at radius 1 is 1.27 bits per heavy atom. The summed E-state index contributed by atoms with van der Waals surface area (Å²) in [5.74, 6) is 0. The van der Waals surface area contributed by atoms with Gasteiger partial charge in [0.15, 0.2) is 0 Å². The van der Waals surface area contributed by atoms with Crippen LogP contribution in [0.2, 0.25) is 0 Å². The summed E-state index contributed by atoms with van der Waals surface area (Å²) in [7, 11) is 0. The molecule has 3 nitrogen and oxygen atoms in total. The third-order valence-electron chi connectivity index (χ3n) is 3.80. The molecule has 0 saturated heterocycles. The van der Waals surface area contributed by atoms with Crippen LogP contribution in [0.15, 0.2) is 0 Å². The molecule has 0 aliphatic heterocycles. The van der Waals surface area contributed by atoms with Crippen LogP contribution < -0.4 is 0 Å². The van der Waals surface area contributed by atoms with E-state index in [1.165, 1.54) is 36.2 Å². The first-order valence-corrected chi connectivity index (χ1v) is 6.04. The molecule has 2 aliphatic rings. The number of nitrogens with one attached hydrogen (secondary N) is 1. The zero-order chi connectivity index (χ0) is 10.3. The molecule has 82 valence electrons. The fraction of sp³-hybridized carbons (Fsp3) is 0.750. The molecule has 2 N–H and O–H groups in total. The Hall–Kier alpha value is -0.830. The van der Waals surface area contributed by atoms with E-state index in [2.05, 4.69) is 10.2 Å². The fourth-order valence-corrected chi connectivity index (χ4v) is 2.50. The normalized spacial score (nSPS) is 22.5. The summed E-state index contributed by atoms with van der Waals surface area (Å²) in [4.78, 5) is 0. The molecule has 1 heterocycles. The second kappa shape index (κ2) is 3.34. The number of aromatic nitrogens is 2. The maximum absolute atomic E-state index is 9.79. The summed E-state index contributed by atoms with van der Waals surface area (Å²) in [6.07, 6.45) is 8.74. The average molecular weight is 206 g/mol. The minimum atomic E-state index is -0.333. The summed E-state index contributed by atoms with van der Waals surface area (Å²) < 4.78 is 0. The van der Waals surface area contributed by atoms with Crippen molar-refractivity contribution in [3.63, 3.8) is 0 Å². The first-order chi connectivity index (χ1) is 7.27. The molecule has 0 radical (unpaired) electrons. The molecular weight excluding hydrogens is 188 g/mol. The minimum Gasteiger partial charge on any atom is -0.390 e. The van der Waals surface area contributed by atoms with E-state index in [1.54, 1.807) is 0 Å². The van der Waals surface area contributed by atoms with Gasteiger partial charge in [-0.2, -0.15) is 5.10 Å². The Balaban J connectivity index is 1.71. The van der Waals surface area contributed by atoms with Gasteiger partial charge in [-0.05, 0) is 56.9 Å². The van der Waals surface area contributed by atoms with Gasteiger partial charge in [0.1, 0.15) is 0 Å². The van der Waals surface area contributed by atoms with Crippen molar-refractivity contribution in [2.75, 3.05) is 0 Å². The zero-order valence-electron chi connectivity index (χ0n) is 9.05. The first kappa shape index (κ1) is 9.40. The lowest BCUT2D eigenvalue weighted by Gasteiger charge is -2.12. The van der Waals surface area contributed by atoms with Crippen molar-refractivity contribution in [1.29, 1.82) is 0 Å². The molecule has 0 bridgehead atoms. The predicted molar refractivity (Wildman–Crippen MR) is 57.7 cm³/mol. The van der Waals surface area contributed by atoms with Crippen LogP contribution in [-0.4, -0.2) is 20.9 Å². The summed E-state index contributed by atoms with van der Waals surface area (Å²) in [6, 6.07) is 0. The van der Waals surface area contributed by atoms with Gasteiger partial charge >= 0.3 is 0 Å². The number of hydrogen-bond acceptors (Lipinski definition) is 2.